The molecule has 0 amide bonds. The molecule has 7 rings (SSSR count). The van der Waals surface area contributed by atoms with Crippen LogP contribution in [-0.4, -0.2) is 9.13 Å². The van der Waals surface area contributed by atoms with Crippen LogP contribution < -0.4 is 0 Å². The molecule has 0 saturated heterocycles. The largest absolute Gasteiger partial charge is 0.340 e. The number of aryl methyl sites for hydroxylation is 2. The van der Waals surface area contributed by atoms with Crippen molar-refractivity contribution in [2.75, 3.05) is 0 Å². The van der Waals surface area contributed by atoms with Crippen LogP contribution in [0.4, 0.5) is 0 Å². The van der Waals surface area contributed by atoms with Crippen LogP contribution in [0, 0.1) is 0 Å². The van der Waals surface area contributed by atoms with Gasteiger partial charge < -0.3 is 9.13 Å². The Hall–Kier alpha value is -3.78. The van der Waals surface area contributed by atoms with E-state index in [1.54, 1.807) is 0 Å². The molecule has 0 aliphatic heterocycles. The van der Waals surface area contributed by atoms with E-state index < -0.39 is 0 Å². The summed E-state index contributed by atoms with van der Waals surface area (Å²) >= 11 is 0. The summed E-state index contributed by atoms with van der Waals surface area (Å²) in [4.78, 5) is 0. The van der Waals surface area contributed by atoms with Gasteiger partial charge in [-0.05, 0) is 70.8 Å². The van der Waals surface area contributed by atoms with E-state index in [2.05, 4.69) is 108 Å². The zero-order chi connectivity index (χ0) is 32.7. The first-order valence-electron chi connectivity index (χ1n) is 19.6. The Labute approximate surface area is 288 Å². The molecule has 0 bridgehead atoms. The van der Waals surface area contributed by atoms with Crippen molar-refractivity contribution >= 4 is 65.2 Å². The minimum Gasteiger partial charge on any atom is -0.340 e. The van der Waals surface area contributed by atoms with Crippen molar-refractivity contribution in [1.82, 2.24) is 9.13 Å². The fourth-order valence-electron chi connectivity index (χ4n) is 8.34. The molecule has 7 aromatic rings. The Morgan fingerprint density at radius 2 is 0.625 bits per heavy atom. The summed E-state index contributed by atoms with van der Waals surface area (Å²) < 4.78 is 5.33. The average molecular weight is 637 g/mol. The molecule has 0 N–H and O–H groups in total. The number of fused-ring (bicyclic) bond motifs is 8. The highest BCUT2D eigenvalue weighted by atomic mass is 15.0. The normalized spacial score (nSPS) is 12.2. The quantitative estimate of drug-likeness (QED) is 0.0830. The number of aromatic nitrogens is 2. The van der Waals surface area contributed by atoms with E-state index in [-0.39, 0.29) is 0 Å². The van der Waals surface area contributed by atoms with Crippen molar-refractivity contribution in [2.24, 2.45) is 0 Å². The van der Waals surface area contributed by atoms with Gasteiger partial charge in [0.25, 0.3) is 0 Å². The van der Waals surface area contributed by atoms with Gasteiger partial charge in [0.2, 0.25) is 0 Å². The fourth-order valence-corrected chi connectivity index (χ4v) is 8.34. The monoisotopic (exact) mass is 636 g/mol. The third kappa shape index (κ3) is 6.87. The van der Waals surface area contributed by atoms with Crippen LogP contribution in [0.1, 0.15) is 117 Å². The molecule has 0 fully saturated rings. The van der Waals surface area contributed by atoms with Gasteiger partial charge in [-0.1, -0.05) is 152 Å². The number of nitrogens with zero attached hydrogens (tertiary/aromatic N) is 2. The van der Waals surface area contributed by atoms with E-state index in [9.17, 15) is 0 Å². The van der Waals surface area contributed by atoms with Gasteiger partial charge in [0.05, 0.1) is 0 Å². The summed E-state index contributed by atoms with van der Waals surface area (Å²) in [6, 6.07) is 32.8. The highest BCUT2D eigenvalue weighted by molar-refractivity contribution is 6.20. The Bertz CT molecular complexity index is 1970. The molecule has 2 nitrogen and oxygen atoms in total. The molecule has 0 atom stereocenters. The molecule has 5 aromatic carbocycles. The zero-order valence-corrected chi connectivity index (χ0v) is 29.7. The number of unbranched alkanes of at least 4 members (excludes halogenated alkanes) is 14. The van der Waals surface area contributed by atoms with Crippen LogP contribution in [-0.2, 0) is 13.1 Å². The molecule has 0 unspecified atom stereocenters. The van der Waals surface area contributed by atoms with Crippen LogP contribution in [0.5, 0.6) is 0 Å². The molecule has 0 aliphatic rings. The van der Waals surface area contributed by atoms with Crippen LogP contribution >= 0.6 is 0 Å². The first kappa shape index (κ1) is 32.8. The Kier molecular flexibility index (Phi) is 10.7. The zero-order valence-electron chi connectivity index (χ0n) is 29.7. The second-order valence-electron chi connectivity index (χ2n) is 14.6. The Morgan fingerprint density at radius 3 is 1.00 bits per heavy atom. The van der Waals surface area contributed by atoms with Crippen LogP contribution in [0.3, 0.4) is 0 Å². The lowest BCUT2D eigenvalue weighted by Crippen LogP contribution is -1.99. The molecule has 250 valence electrons. The first-order valence-corrected chi connectivity index (χ1v) is 19.6. The van der Waals surface area contributed by atoms with E-state index in [0.29, 0.717) is 0 Å². The second kappa shape index (κ2) is 15.6. The standard InChI is InChI=1S/C46H56N2/c1-3-5-7-9-11-13-15-21-27-47-43-31-37-25-19-17-23-35(37)29-39(43)41-34-46-42(33-45(41)47)40-30-36-24-18-20-26-38(36)32-44(40)48(46)28-22-16-14-12-10-8-6-4-2/h17-20,23-26,29-34H,3-16,21-22,27-28H2,1-2H3. The topological polar surface area (TPSA) is 9.86 Å². The number of rotatable bonds is 18. The molecule has 2 heterocycles. The molecule has 0 spiro atoms. The van der Waals surface area contributed by atoms with Gasteiger partial charge in [-0.3, -0.25) is 0 Å². The fraction of sp³-hybridized carbons (Fsp3) is 0.435. The van der Waals surface area contributed by atoms with Crippen LogP contribution in [0.2, 0.25) is 0 Å². The molecule has 48 heavy (non-hydrogen) atoms. The molecular formula is C46H56N2. The van der Waals surface area contributed by atoms with E-state index in [1.165, 1.54) is 168 Å². The molecular weight excluding hydrogens is 581 g/mol. The highest BCUT2D eigenvalue weighted by Gasteiger charge is 2.18. The maximum Gasteiger partial charge on any atom is 0.0499 e. The summed E-state index contributed by atoms with van der Waals surface area (Å²) in [5, 5.41) is 11.0. The van der Waals surface area contributed by atoms with Crippen molar-refractivity contribution in [3.63, 3.8) is 0 Å². The lowest BCUT2D eigenvalue weighted by Gasteiger charge is -2.10. The van der Waals surface area contributed by atoms with Crippen molar-refractivity contribution in [3.05, 3.63) is 84.9 Å². The lowest BCUT2D eigenvalue weighted by molar-refractivity contribution is 0.552. The smallest absolute Gasteiger partial charge is 0.0499 e. The van der Waals surface area contributed by atoms with Crippen molar-refractivity contribution < 1.29 is 0 Å². The third-order valence-electron chi connectivity index (χ3n) is 11.1. The van der Waals surface area contributed by atoms with Gasteiger partial charge in [-0.15, -0.1) is 0 Å². The molecule has 0 radical (unpaired) electrons. The van der Waals surface area contributed by atoms with E-state index in [1.807, 2.05) is 0 Å². The predicted octanol–water partition coefficient (Wildman–Crippen LogP) is 14.5. The van der Waals surface area contributed by atoms with Gasteiger partial charge in [-0.25, -0.2) is 0 Å². The predicted molar refractivity (Wildman–Crippen MR) is 213 cm³/mol. The summed E-state index contributed by atoms with van der Waals surface area (Å²) in [7, 11) is 0. The van der Waals surface area contributed by atoms with Gasteiger partial charge in [0.1, 0.15) is 0 Å². The van der Waals surface area contributed by atoms with E-state index in [0.717, 1.165) is 13.1 Å². The molecule has 0 aliphatic carbocycles. The van der Waals surface area contributed by atoms with Gasteiger partial charge in [0, 0.05) is 56.7 Å². The lowest BCUT2D eigenvalue weighted by atomic mass is 10.0. The van der Waals surface area contributed by atoms with E-state index >= 15 is 0 Å². The summed E-state index contributed by atoms with van der Waals surface area (Å²) in [6.07, 6.45) is 21.6. The minimum absolute atomic E-state index is 1.08. The minimum atomic E-state index is 1.08. The van der Waals surface area contributed by atoms with Gasteiger partial charge >= 0.3 is 0 Å². The average Bonchev–Trinajstić information content (AvgIpc) is 3.57. The summed E-state index contributed by atoms with van der Waals surface area (Å²) in [6.45, 7) is 6.77. The van der Waals surface area contributed by atoms with Crippen molar-refractivity contribution in [1.29, 1.82) is 0 Å². The number of hydrogen-bond acceptors (Lipinski definition) is 0. The highest BCUT2D eigenvalue weighted by Crippen LogP contribution is 2.40. The molecule has 2 aromatic heterocycles. The first-order chi connectivity index (χ1) is 23.8. The Morgan fingerprint density at radius 1 is 0.333 bits per heavy atom. The van der Waals surface area contributed by atoms with E-state index in [4.69, 9.17) is 0 Å². The summed E-state index contributed by atoms with van der Waals surface area (Å²) in [5.74, 6) is 0. The SMILES string of the molecule is CCCCCCCCCCn1c2cc3ccccc3cc2c2cc3c(cc21)c1cc2ccccc2cc1n3CCCCCCCCCC. The van der Waals surface area contributed by atoms with Crippen molar-refractivity contribution in [2.45, 2.75) is 130 Å². The molecule has 2 heteroatoms. The number of hydrogen-bond donors (Lipinski definition) is 0. The maximum atomic E-state index is 2.66. The summed E-state index contributed by atoms with van der Waals surface area (Å²) in [5.41, 5.74) is 5.58. The van der Waals surface area contributed by atoms with Gasteiger partial charge in [-0.2, -0.15) is 0 Å². The van der Waals surface area contributed by atoms with Gasteiger partial charge in [0.15, 0.2) is 0 Å². The second-order valence-corrected chi connectivity index (χ2v) is 14.6. The van der Waals surface area contributed by atoms with Crippen LogP contribution in [0.25, 0.3) is 65.2 Å². The van der Waals surface area contributed by atoms with Crippen LogP contribution in [0.15, 0.2) is 84.9 Å². The number of benzene rings is 5. The molecule has 0 saturated carbocycles. The third-order valence-corrected chi connectivity index (χ3v) is 11.1. The Balaban J connectivity index is 1.28. The van der Waals surface area contributed by atoms with Crippen molar-refractivity contribution in [3.8, 4) is 0 Å². The maximum absolute atomic E-state index is 2.66.